The van der Waals surface area contributed by atoms with Crippen LogP contribution in [0.25, 0.3) is 0 Å². The first kappa shape index (κ1) is 20.6. The molecule has 0 saturated carbocycles. The number of carbonyl (C=O) groups is 2. The summed E-state index contributed by atoms with van der Waals surface area (Å²) in [6, 6.07) is 7.33. The van der Waals surface area contributed by atoms with Crippen LogP contribution in [-0.2, 0) is 4.79 Å². The average Bonchev–Trinajstić information content (AvgIpc) is 2.98. The third-order valence-electron chi connectivity index (χ3n) is 6.43. The van der Waals surface area contributed by atoms with Gasteiger partial charge in [-0.05, 0) is 68.6 Å². The molecule has 1 unspecified atom stereocenters. The second-order valence-electron chi connectivity index (χ2n) is 8.27. The van der Waals surface area contributed by atoms with E-state index in [-0.39, 0.29) is 23.7 Å². The monoisotopic (exact) mass is 406 g/mol. The summed E-state index contributed by atoms with van der Waals surface area (Å²) in [7, 11) is 1.62. The first-order valence-electron chi connectivity index (χ1n) is 10.9. The Hall–Kier alpha value is -2.66. The number of Topliss-reactive ketones (excluding diaryl/α,β-unsaturated/α-hetero) is 1. The fraction of sp³-hybridized carbons (Fsp3) is 0.440. The van der Waals surface area contributed by atoms with Gasteiger partial charge in [0, 0.05) is 24.6 Å². The molecule has 1 atom stereocenters. The fourth-order valence-corrected chi connectivity index (χ4v) is 4.64. The van der Waals surface area contributed by atoms with Crippen molar-refractivity contribution in [3.8, 4) is 5.75 Å². The molecule has 4 rings (SSSR count). The van der Waals surface area contributed by atoms with E-state index in [0.29, 0.717) is 6.54 Å². The van der Waals surface area contributed by atoms with Crippen LogP contribution in [0.2, 0.25) is 0 Å². The summed E-state index contributed by atoms with van der Waals surface area (Å²) in [5, 5.41) is 0. The molecule has 1 amide bonds. The molecule has 0 spiro atoms. The Kier molecular flexibility index (Phi) is 6.48. The summed E-state index contributed by atoms with van der Waals surface area (Å²) in [4.78, 5) is 30.1. The predicted molar refractivity (Wildman–Crippen MR) is 118 cm³/mol. The highest BCUT2D eigenvalue weighted by Crippen LogP contribution is 2.27. The lowest BCUT2D eigenvalue weighted by Gasteiger charge is -2.34. The van der Waals surface area contributed by atoms with Gasteiger partial charge in [-0.2, -0.15) is 0 Å². The van der Waals surface area contributed by atoms with Gasteiger partial charge < -0.3 is 9.64 Å². The van der Waals surface area contributed by atoms with E-state index < -0.39 is 0 Å². The molecule has 5 nitrogen and oxygen atoms in total. The number of rotatable bonds is 6. The van der Waals surface area contributed by atoms with Crippen molar-refractivity contribution in [2.75, 3.05) is 33.3 Å². The quantitative estimate of drug-likeness (QED) is 0.677. The van der Waals surface area contributed by atoms with Crippen LogP contribution in [0.1, 0.15) is 36.0 Å². The van der Waals surface area contributed by atoms with Crippen molar-refractivity contribution >= 4 is 11.7 Å². The Labute approximate surface area is 178 Å². The molecular weight excluding hydrogens is 376 g/mol. The summed E-state index contributed by atoms with van der Waals surface area (Å²) in [6.45, 7) is 3.12. The van der Waals surface area contributed by atoms with Crippen molar-refractivity contribution in [2.45, 2.75) is 31.7 Å². The largest absolute Gasteiger partial charge is 0.497 e. The number of allylic oxidation sites excluding steroid dienone is 4. The van der Waals surface area contributed by atoms with Crippen molar-refractivity contribution in [1.29, 1.82) is 0 Å². The number of amides is 1. The smallest absolute Gasteiger partial charge is 0.240 e. The highest BCUT2D eigenvalue weighted by Gasteiger charge is 2.38. The lowest BCUT2D eigenvalue weighted by atomic mass is 9.88. The highest BCUT2D eigenvalue weighted by molar-refractivity contribution is 5.98. The second kappa shape index (κ2) is 9.43. The number of ether oxygens (including phenoxy) is 1. The van der Waals surface area contributed by atoms with Gasteiger partial charge in [0.15, 0.2) is 5.78 Å². The molecule has 0 N–H and O–H groups in total. The summed E-state index contributed by atoms with van der Waals surface area (Å²) >= 11 is 0. The molecule has 0 aromatic heterocycles. The first-order chi connectivity index (χ1) is 14.7. The standard InChI is InChI=1S/C25H30N2O3/c1-30-22-10-8-20(9-11-22)24(28)21-12-15-26(16-13-21)23-14-17-27(25(23)29)18-19-6-4-2-3-5-7-19/h2-4,6-11,21,23H,5,12-18H2,1H3. The highest BCUT2D eigenvalue weighted by atomic mass is 16.5. The Bertz CT molecular complexity index is 861. The maximum atomic E-state index is 13.0. The van der Waals surface area contributed by atoms with Crippen LogP contribution >= 0.6 is 0 Å². The van der Waals surface area contributed by atoms with Gasteiger partial charge in [-0.25, -0.2) is 0 Å². The van der Waals surface area contributed by atoms with Gasteiger partial charge in [0.25, 0.3) is 0 Å². The number of benzene rings is 1. The Balaban J connectivity index is 1.30. The number of nitrogens with zero attached hydrogens (tertiary/aromatic N) is 2. The van der Waals surface area contributed by atoms with Crippen LogP contribution in [0, 0.1) is 5.92 Å². The van der Waals surface area contributed by atoms with Gasteiger partial charge in [-0.3, -0.25) is 14.5 Å². The predicted octanol–water partition coefficient (Wildman–Crippen LogP) is 3.63. The number of hydrogen-bond acceptors (Lipinski definition) is 4. The van der Waals surface area contributed by atoms with E-state index in [1.807, 2.05) is 35.2 Å². The number of methoxy groups -OCH3 is 1. The van der Waals surface area contributed by atoms with Gasteiger partial charge in [0.1, 0.15) is 5.75 Å². The maximum absolute atomic E-state index is 13.0. The molecule has 0 bridgehead atoms. The minimum Gasteiger partial charge on any atom is -0.497 e. The zero-order valence-electron chi connectivity index (χ0n) is 17.6. The van der Waals surface area contributed by atoms with Crippen LogP contribution in [-0.4, -0.2) is 60.8 Å². The van der Waals surface area contributed by atoms with Crippen LogP contribution in [0.4, 0.5) is 0 Å². The van der Waals surface area contributed by atoms with E-state index in [2.05, 4.69) is 29.2 Å². The van der Waals surface area contributed by atoms with Gasteiger partial charge in [0.05, 0.1) is 13.2 Å². The molecule has 1 aromatic carbocycles. The Morgan fingerprint density at radius 3 is 2.57 bits per heavy atom. The van der Waals surface area contributed by atoms with E-state index in [0.717, 1.165) is 56.6 Å². The normalized spacial score (nSPS) is 22.8. The van der Waals surface area contributed by atoms with Gasteiger partial charge in [0.2, 0.25) is 5.91 Å². The van der Waals surface area contributed by atoms with Crippen molar-refractivity contribution in [1.82, 2.24) is 9.80 Å². The van der Waals surface area contributed by atoms with Crippen molar-refractivity contribution in [3.05, 3.63) is 65.8 Å². The van der Waals surface area contributed by atoms with E-state index in [9.17, 15) is 9.59 Å². The Morgan fingerprint density at radius 2 is 1.83 bits per heavy atom. The van der Waals surface area contributed by atoms with Gasteiger partial charge in [-0.1, -0.05) is 30.4 Å². The van der Waals surface area contributed by atoms with Crippen LogP contribution in [0.5, 0.6) is 5.75 Å². The van der Waals surface area contributed by atoms with Gasteiger partial charge in [-0.15, -0.1) is 0 Å². The molecule has 1 aliphatic carbocycles. The van der Waals surface area contributed by atoms with E-state index in [1.165, 1.54) is 5.57 Å². The summed E-state index contributed by atoms with van der Waals surface area (Å²) < 4.78 is 5.17. The second-order valence-corrected chi connectivity index (χ2v) is 8.27. The number of carbonyl (C=O) groups excluding carboxylic acids is 2. The molecule has 158 valence electrons. The third-order valence-corrected chi connectivity index (χ3v) is 6.43. The van der Waals surface area contributed by atoms with E-state index in [1.54, 1.807) is 7.11 Å². The SMILES string of the molecule is COc1ccc(C(=O)C2CCN(C3CCN(CC4=CCC=CC=C4)C3=O)CC2)cc1. The minimum absolute atomic E-state index is 0.0319. The van der Waals surface area contributed by atoms with E-state index in [4.69, 9.17) is 4.74 Å². The molecule has 2 aliphatic heterocycles. The first-order valence-corrected chi connectivity index (χ1v) is 10.9. The van der Waals surface area contributed by atoms with Crippen LogP contribution in [0.15, 0.2) is 60.2 Å². The minimum atomic E-state index is -0.0319. The molecule has 2 heterocycles. The molecule has 30 heavy (non-hydrogen) atoms. The fourth-order valence-electron chi connectivity index (χ4n) is 4.64. The summed E-state index contributed by atoms with van der Waals surface area (Å²) in [5.41, 5.74) is 1.95. The third kappa shape index (κ3) is 4.57. The molecule has 2 saturated heterocycles. The topological polar surface area (TPSA) is 49.9 Å². The lowest BCUT2D eigenvalue weighted by molar-refractivity contribution is -0.132. The van der Waals surface area contributed by atoms with Crippen LogP contribution < -0.4 is 4.74 Å². The molecule has 5 heteroatoms. The molecule has 3 aliphatic rings. The van der Waals surface area contributed by atoms with Gasteiger partial charge >= 0.3 is 0 Å². The summed E-state index contributed by atoms with van der Waals surface area (Å²) in [6.07, 6.45) is 13.9. The zero-order chi connectivity index (χ0) is 20.9. The Morgan fingerprint density at radius 1 is 1.07 bits per heavy atom. The lowest BCUT2D eigenvalue weighted by Crippen LogP contribution is -2.46. The number of ketones is 1. The number of likely N-dealkylation sites (tertiary alicyclic amines) is 2. The van der Waals surface area contributed by atoms with E-state index >= 15 is 0 Å². The number of piperidine rings is 1. The maximum Gasteiger partial charge on any atom is 0.240 e. The molecule has 1 aromatic rings. The zero-order valence-corrected chi connectivity index (χ0v) is 17.6. The van der Waals surface area contributed by atoms with Crippen molar-refractivity contribution < 1.29 is 14.3 Å². The molecular formula is C25H30N2O3. The van der Waals surface area contributed by atoms with Crippen molar-refractivity contribution in [2.24, 2.45) is 5.92 Å². The molecule has 0 radical (unpaired) electrons. The molecule has 2 fully saturated rings. The summed E-state index contributed by atoms with van der Waals surface area (Å²) in [5.74, 6) is 1.24. The number of hydrogen-bond donors (Lipinski definition) is 0. The van der Waals surface area contributed by atoms with Crippen molar-refractivity contribution in [3.63, 3.8) is 0 Å². The average molecular weight is 407 g/mol. The van der Waals surface area contributed by atoms with Crippen LogP contribution in [0.3, 0.4) is 0 Å².